The van der Waals surface area contributed by atoms with Gasteiger partial charge in [0.05, 0.1) is 18.9 Å². The second-order valence-electron chi connectivity index (χ2n) is 8.97. The third-order valence-electron chi connectivity index (χ3n) is 5.50. The number of aromatic nitrogens is 2. The minimum absolute atomic E-state index is 0.107. The molecular weight excluding hydrogens is 403 g/mol. The maximum atomic E-state index is 14.4. The fourth-order valence-corrected chi connectivity index (χ4v) is 3.86. The van der Waals surface area contributed by atoms with Crippen LogP contribution in [0.3, 0.4) is 0 Å². The first-order chi connectivity index (χ1) is 14.8. The Bertz CT molecular complexity index is 912. The number of hydrogen-bond donors (Lipinski definition) is 0. The number of anilines is 1. The van der Waals surface area contributed by atoms with E-state index in [0.717, 1.165) is 12.8 Å². The zero-order valence-electron chi connectivity index (χ0n) is 18.3. The van der Waals surface area contributed by atoms with Crippen molar-refractivity contribution in [2.45, 2.75) is 45.1 Å². The van der Waals surface area contributed by atoms with E-state index in [2.05, 4.69) is 10.1 Å². The molecule has 2 aliphatic rings. The first-order valence-corrected chi connectivity index (χ1v) is 10.7. The van der Waals surface area contributed by atoms with Crippen molar-refractivity contribution in [1.29, 1.82) is 0 Å². The van der Waals surface area contributed by atoms with Crippen molar-refractivity contribution >= 4 is 11.8 Å². The fraction of sp³-hybridized carbons (Fsp3) is 0.591. The Morgan fingerprint density at radius 1 is 1.16 bits per heavy atom. The number of morpholine rings is 1. The molecule has 0 saturated carbocycles. The zero-order chi connectivity index (χ0) is 22.0. The highest BCUT2D eigenvalue weighted by atomic mass is 19.1. The Kier molecular flexibility index (Phi) is 6.13. The van der Waals surface area contributed by atoms with Crippen molar-refractivity contribution < 1.29 is 23.2 Å². The Balaban J connectivity index is 1.42. The van der Waals surface area contributed by atoms with E-state index >= 15 is 0 Å². The Morgan fingerprint density at radius 2 is 1.87 bits per heavy atom. The van der Waals surface area contributed by atoms with E-state index in [9.17, 15) is 9.18 Å². The molecule has 1 amide bonds. The number of ether oxygens (including phenoxy) is 2. The average molecular weight is 432 g/mol. The van der Waals surface area contributed by atoms with Gasteiger partial charge < -0.3 is 23.8 Å². The molecule has 1 aromatic carbocycles. The summed E-state index contributed by atoms with van der Waals surface area (Å²) in [7, 11) is 0. The summed E-state index contributed by atoms with van der Waals surface area (Å²) in [4.78, 5) is 20.5. The van der Waals surface area contributed by atoms with Crippen LogP contribution in [0.5, 0.6) is 0 Å². The van der Waals surface area contributed by atoms with E-state index in [1.54, 1.807) is 17.0 Å². The van der Waals surface area contributed by atoms with Gasteiger partial charge in [-0.2, -0.15) is 4.98 Å². The summed E-state index contributed by atoms with van der Waals surface area (Å²) in [6.45, 7) is 9.20. The molecule has 0 radical (unpaired) electrons. The molecule has 0 atom stereocenters. The van der Waals surface area contributed by atoms with Crippen LogP contribution in [0.25, 0.3) is 11.5 Å². The first-order valence-electron chi connectivity index (χ1n) is 10.7. The topological polar surface area (TPSA) is 80.9 Å². The van der Waals surface area contributed by atoms with Gasteiger partial charge in [0.15, 0.2) is 5.82 Å². The molecule has 0 aliphatic carbocycles. The molecule has 0 unspecified atom stereocenters. The predicted molar refractivity (Wildman–Crippen MR) is 113 cm³/mol. The van der Waals surface area contributed by atoms with E-state index in [0.29, 0.717) is 62.4 Å². The molecule has 2 aromatic rings. The predicted octanol–water partition coefficient (Wildman–Crippen LogP) is 3.83. The second-order valence-corrected chi connectivity index (χ2v) is 8.97. The monoisotopic (exact) mass is 432 g/mol. The van der Waals surface area contributed by atoms with Crippen LogP contribution in [-0.2, 0) is 9.47 Å². The highest BCUT2D eigenvalue weighted by molar-refractivity contribution is 5.68. The molecule has 8 nitrogen and oxygen atoms in total. The summed E-state index contributed by atoms with van der Waals surface area (Å²) in [5.41, 5.74) is 0.699. The number of carbonyl (C=O) groups is 1. The molecule has 2 fully saturated rings. The minimum Gasteiger partial charge on any atom is -0.444 e. The van der Waals surface area contributed by atoms with Crippen molar-refractivity contribution in [2.24, 2.45) is 0 Å². The second kappa shape index (κ2) is 8.82. The molecule has 0 spiro atoms. The van der Waals surface area contributed by atoms with Gasteiger partial charge in [0, 0.05) is 37.7 Å². The minimum atomic E-state index is -0.508. The molecular formula is C22H29FN4O4. The van der Waals surface area contributed by atoms with Gasteiger partial charge in [-0.05, 0) is 51.8 Å². The van der Waals surface area contributed by atoms with E-state index < -0.39 is 5.60 Å². The normalized spacial score (nSPS) is 18.3. The summed E-state index contributed by atoms with van der Waals surface area (Å²) in [6.07, 6.45) is 1.18. The number of rotatable bonds is 3. The Morgan fingerprint density at radius 3 is 2.55 bits per heavy atom. The zero-order valence-corrected chi connectivity index (χ0v) is 18.3. The van der Waals surface area contributed by atoms with Gasteiger partial charge in [0.2, 0.25) is 0 Å². The molecule has 0 bridgehead atoms. The number of halogens is 1. The summed E-state index contributed by atoms with van der Waals surface area (Å²) < 4.78 is 30.7. The average Bonchev–Trinajstić information content (AvgIpc) is 3.24. The highest BCUT2D eigenvalue weighted by Gasteiger charge is 2.30. The lowest BCUT2D eigenvalue weighted by atomic mass is 9.96. The summed E-state index contributed by atoms with van der Waals surface area (Å²) in [6, 6.07) is 4.84. The lowest BCUT2D eigenvalue weighted by Gasteiger charge is -2.32. The fourth-order valence-electron chi connectivity index (χ4n) is 3.86. The van der Waals surface area contributed by atoms with Crippen LogP contribution in [0.15, 0.2) is 22.7 Å². The van der Waals surface area contributed by atoms with Gasteiger partial charge >= 0.3 is 6.09 Å². The van der Waals surface area contributed by atoms with Crippen LogP contribution in [0.1, 0.15) is 45.4 Å². The van der Waals surface area contributed by atoms with E-state index in [1.165, 1.54) is 6.07 Å². The first kappa shape index (κ1) is 21.5. The largest absolute Gasteiger partial charge is 0.444 e. The summed E-state index contributed by atoms with van der Waals surface area (Å²) in [5, 5.41) is 4.16. The van der Waals surface area contributed by atoms with Crippen LogP contribution >= 0.6 is 0 Å². The number of likely N-dealkylation sites (tertiary alicyclic amines) is 1. The molecule has 168 valence electrons. The van der Waals surface area contributed by atoms with Gasteiger partial charge in [0.1, 0.15) is 11.4 Å². The van der Waals surface area contributed by atoms with Gasteiger partial charge in [-0.1, -0.05) is 5.16 Å². The molecule has 9 heteroatoms. The number of carbonyl (C=O) groups excluding carboxylic acids is 1. The summed E-state index contributed by atoms with van der Waals surface area (Å²) >= 11 is 0. The molecule has 3 heterocycles. The lowest BCUT2D eigenvalue weighted by Crippen LogP contribution is -2.41. The van der Waals surface area contributed by atoms with Gasteiger partial charge in [0.25, 0.3) is 5.89 Å². The van der Waals surface area contributed by atoms with Crippen LogP contribution in [0.2, 0.25) is 0 Å². The van der Waals surface area contributed by atoms with Gasteiger partial charge in [-0.3, -0.25) is 0 Å². The third kappa shape index (κ3) is 5.15. The van der Waals surface area contributed by atoms with Crippen LogP contribution in [0, 0.1) is 5.82 Å². The highest BCUT2D eigenvalue weighted by Crippen LogP contribution is 2.31. The van der Waals surface area contributed by atoms with E-state index in [1.807, 2.05) is 25.7 Å². The number of amides is 1. The van der Waals surface area contributed by atoms with E-state index in [-0.39, 0.29) is 17.8 Å². The van der Waals surface area contributed by atoms with Crippen molar-refractivity contribution in [2.75, 3.05) is 44.3 Å². The smallest absolute Gasteiger partial charge is 0.410 e. The summed E-state index contributed by atoms with van der Waals surface area (Å²) in [5.74, 6) is 0.824. The number of hydrogen-bond acceptors (Lipinski definition) is 7. The van der Waals surface area contributed by atoms with Crippen molar-refractivity contribution in [3.05, 3.63) is 29.8 Å². The number of nitrogens with zero attached hydrogens (tertiary/aromatic N) is 4. The molecule has 31 heavy (non-hydrogen) atoms. The Labute approximate surface area is 181 Å². The number of piperidine rings is 1. The molecule has 1 aromatic heterocycles. The van der Waals surface area contributed by atoms with Gasteiger partial charge in [-0.15, -0.1) is 0 Å². The lowest BCUT2D eigenvalue weighted by molar-refractivity contribution is 0.0203. The van der Waals surface area contributed by atoms with Crippen LogP contribution < -0.4 is 4.90 Å². The maximum Gasteiger partial charge on any atom is 0.410 e. The third-order valence-corrected chi connectivity index (χ3v) is 5.50. The maximum absolute atomic E-state index is 14.4. The van der Waals surface area contributed by atoms with E-state index in [4.69, 9.17) is 14.0 Å². The SMILES string of the molecule is CC(C)(C)OC(=O)N1CCC(c2noc(-c3ccc(F)c(N4CCOCC4)c3)n2)CC1. The quantitative estimate of drug-likeness (QED) is 0.729. The molecule has 2 aliphatic heterocycles. The van der Waals surface area contributed by atoms with Crippen molar-refractivity contribution in [3.8, 4) is 11.5 Å². The molecule has 0 N–H and O–H groups in total. The van der Waals surface area contributed by atoms with Crippen molar-refractivity contribution in [3.63, 3.8) is 0 Å². The van der Waals surface area contributed by atoms with Crippen molar-refractivity contribution in [1.82, 2.24) is 15.0 Å². The van der Waals surface area contributed by atoms with Gasteiger partial charge in [-0.25, -0.2) is 9.18 Å². The number of benzene rings is 1. The van der Waals surface area contributed by atoms with Crippen LogP contribution in [0.4, 0.5) is 14.9 Å². The Hall–Kier alpha value is -2.68. The van der Waals surface area contributed by atoms with Crippen LogP contribution in [-0.4, -0.2) is 66.1 Å². The standard InChI is InChI=1S/C22H29FN4O4/c1-22(2,3)30-21(28)27-8-6-15(7-9-27)19-24-20(31-25-19)16-4-5-17(23)18(14-16)26-10-12-29-13-11-26/h4-5,14-15H,6-13H2,1-3H3. The molecule has 2 saturated heterocycles. The molecule has 4 rings (SSSR count).